The molecule has 1 atom stereocenters. The molecule has 2 N–H and O–H groups in total. The maximum absolute atomic E-state index is 12.3. The minimum atomic E-state index is -3.81. The van der Waals surface area contributed by atoms with Crippen molar-refractivity contribution in [3.8, 4) is 0 Å². The Morgan fingerprint density at radius 3 is 2.44 bits per heavy atom. The highest BCUT2D eigenvalue weighted by Crippen LogP contribution is 2.20. The number of hydrazone groups is 1. The largest absolute Gasteiger partial charge is 0.478 e. The van der Waals surface area contributed by atoms with E-state index < -0.39 is 16.0 Å². The van der Waals surface area contributed by atoms with Crippen LogP contribution in [0.25, 0.3) is 0 Å². The van der Waals surface area contributed by atoms with Gasteiger partial charge in [-0.3, -0.25) is 0 Å². The number of carboxylic acid groups (broad SMARTS) is 1. The molecular weight excluding hydrogens is 340 g/mol. The summed E-state index contributed by atoms with van der Waals surface area (Å²) in [6.45, 7) is 4.15. The number of sulfonamides is 1. The van der Waals surface area contributed by atoms with Crippen molar-refractivity contribution in [1.29, 1.82) is 0 Å². The molecule has 0 heterocycles. The average molecular weight is 360 g/mol. The first kappa shape index (κ1) is 18.7. The summed E-state index contributed by atoms with van der Waals surface area (Å²) in [5.41, 5.74) is 1.42. The highest BCUT2D eigenvalue weighted by atomic mass is 32.2. The normalized spacial score (nSPS) is 12.9. The fourth-order valence-corrected chi connectivity index (χ4v) is 3.02. The van der Waals surface area contributed by atoms with Crippen molar-refractivity contribution in [3.05, 3.63) is 65.2 Å². The van der Waals surface area contributed by atoms with Gasteiger partial charge in [-0.2, -0.15) is 13.5 Å². The Bertz CT molecular complexity index is 874. The van der Waals surface area contributed by atoms with Gasteiger partial charge in [0.15, 0.2) is 0 Å². The van der Waals surface area contributed by atoms with Crippen molar-refractivity contribution in [2.45, 2.75) is 31.1 Å². The Hall–Kier alpha value is -2.67. The molecule has 0 radical (unpaired) electrons. The molecule has 6 nitrogen and oxygen atoms in total. The second-order valence-electron chi connectivity index (χ2n) is 5.62. The van der Waals surface area contributed by atoms with E-state index in [1.54, 1.807) is 30.3 Å². The summed E-state index contributed by atoms with van der Waals surface area (Å²) in [5, 5.41) is 12.8. The van der Waals surface area contributed by atoms with Crippen LogP contribution in [0.1, 0.15) is 47.7 Å². The molecule has 0 amide bonds. The fourth-order valence-electron chi connectivity index (χ4n) is 2.23. The van der Waals surface area contributed by atoms with Crippen LogP contribution < -0.4 is 4.83 Å². The molecule has 0 bridgehead atoms. The quantitative estimate of drug-likeness (QED) is 0.585. The highest BCUT2D eigenvalue weighted by molar-refractivity contribution is 7.89. The molecule has 0 aliphatic carbocycles. The SMILES string of the molecule is CC[C@H](C)c1ccc(S(=O)(=O)N/N=C\c2ccccc2C(=O)O)cc1. The molecule has 132 valence electrons. The Kier molecular flexibility index (Phi) is 5.93. The molecule has 2 aromatic rings. The lowest BCUT2D eigenvalue weighted by molar-refractivity contribution is 0.0696. The molecule has 0 fully saturated rings. The van der Waals surface area contributed by atoms with Crippen molar-refractivity contribution < 1.29 is 18.3 Å². The summed E-state index contributed by atoms with van der Waals surface area (Å²) in [5.74, 6) is -0.749. The fraction of sp³-hybridized carbons (Fsp3) is 0.222. The first-order chi connectivity index (χ1) is 11.8. The third kappa shape index (κ3) is 4.67. The van der Waals surface area contributed by atoms with Gasteiger partial charge in [-0.25, -0.2) is 9.63 Å². The van der Waals surface area contributed by atoms with Crippen molar-refractivity contribution in [1.82, 2.24) is 4.83 Å². The molecular formula is C18H20N2O4S. The van der Waals surface area contributed by atoms with E-state index in [1.165, 1.54) is 24.4 Å². The Balaban J connectivity index is 2.15. The van der Waals surface area contributed by atoms with Gasteiger partial charge in [0.1, 0.15) is 0 Å². The first-order valence-electron chi connectivity index (χ1n) is 7.82. The summed E-state index contributed by atoms with van der Waals surface area (Å²) in [4.78, 5) is 13.3. The van der Waals surface area contributed by atoms with Crippen LogP contribution >= 0.6 is 0 Å². The van der Waals surface area contributed by atoms with E-state index in [4.69, 9.17) is 5.11 Å². The molecule has 0 saturated heterocycles. The highest BCUT2D eigenvalue weighted by Gasteiger charge is 2.14. The van der Waals surface area contributed by atoms with Gasteiger partial charge in [0.05, 0.1) is 16.7 Å². The summed E-state index contributed by atoms with van der Waals surface area (Å²) < 4.78 is 24.5. The minimum Gasteiger partial charge on any atom is -0.478 e. The number of nitrogens with one attached hydrogen (secondary N) is 1. The number of rotatable bonds is 7. The van der Waals surface area contributed by atoms with Gasteiger partial charge in [0.2, 0.25) is 0 Å². The van der Waals surface area contributed by atoms with E-state index in [9.17, 15) is 13.2 Å². The second-order valence-corrected chi connectivity index (χ2v) is 7.28. The third-order valence-corrected chi connectivity index (χ3v) is 5.18. The zero-order chi connectivity index (χ0) is 18.4. The number of benzene rings is 2. The molecule has 0 spiro atoms. The zero-order valence-corrected chi connectivity index (χ0v) is 14.8. The van der Waals surface area contributed by atoms with Crippen LogP contribution in [-0.2, 0) is 10.0 Å². The molecule has 7 heteroatoms. The second kappa shape index (κ2) is 7.94. The van der Waals surface area contributed by atoms with Crippen LogP contribution in [0.4, 0.5) is 0 Å². The molecule has 0 aromatic heterocycles. The van der Waals surface area contributed by atoms with E-state index >= 15 is 0 Å². The maximum atomic E-state index is 12.3. The van der Waals surface area contributed by atoms with Crippen LogP contribution in [-0.4, -0.2) is 25.7 Å². The van der Waals surface area contributed by atoms with E-state index in [-0.39, 0.29) is 10.5 Å². The van der Waals surface area contributed by atoms with E-state index in [0.717, 1.165) is 12.0 Å². The number of aromatic carboxylic acids is 1. The van der Waals surface area contributed by atoms with Gasteiger partial charge in [0.25, 0.3) is 10.0 Å². The number of nitrogens with zero attached hydrogens (tertiary/aromatic N) is 1. The molecule has 0 aliphatic rings. The van der Waals surface area contributed by atoms with Gasteiger partial charge in [-0.15, -0.1) is 0 Å². The molecule has 0 aliphatic heterocycles. The van der Waals surface area contributed by atoms with Crippen molar-refractivity contribution in [3.63, 3.8) is 0 Å². The van der Waals surface area contributed by atoms with E-state index in [1.807, 2.05) is 0 Å². The predicted molar refractivity (Wildman–Crippen MR) is 96.5 cm³/mol. The lowest BCUT2D eigenvalue weighted by Crippen LogP contribution is -2.18. The van der Waals surface area contributed by atoms with Crippen LogP contribution in [0, 0.1) is 0 Å². The summed E-state index contributed by atoms with van der Waals surface area (Å²) in [7, 11) is -3.81. The molecule has 0 saturated carbocycles. The number of carbonyl (C=O) groups is 1. The zero-order valence-electron chi connectivity index (χ0n) is 14.0. The summed E-state index contributed by atoms with van der Waals surface area (Å²) in [6, 6.07) is 12.8. The van der Waals surface area contributed by atoms with Crippen molar-refractivity contribution >= 4 is 22.2 Å². The van der Waals surface area contributed by atoms with Crippen LogP contribution in [0.3, 0.4) is 0 Å². The molecule has 0 unspecified atom stereocenters. The van der Waals surface area contributed by atoms with Crippen molar-refractivity contribution in [2.24, 2.45) is 5.10 Å². The predicted octanol–water partition coefficient (Wildman–Crippen LogP) is 3.21. The number of hydrogen-bond donors (Lipinski definition) is 2. The van der Waals surface area contributed by atoms with Crippen LogP contribution in [0.2, 0.25) is 0 Å². The maximum Gasteiger partial charge on any atom is 0.336 e. The standard InChI is InChI=1S/C18H20N2O4S/c1-3-13(2)14-8-10-16(11-9-14)25(23,24)20-19-12-15-6-4-5-7-17(15)18(21)22/h4-13,20H,3H2,1-2H3,(H,21,22)/b19-12-/t13-/m0/s1. The Morgan fingerprint density at radius 1 is 1.20 bits per heavy atom. The Morgan fingerprint density at radius 2 is 1.84 bits per heavy atom. The van der Waals surface area contributed by atoms with Gasteiger partial charge in [0, 0.05) is 5.56 Å². The van der Waals surface area contributed by atoms with Crippen LogP contribution in [0.15, 0.2) is 58.5 Å². The van der Waals surface area contributed by atoms with Gasteiger partial charge in [-0.05, 0) is 36.1 Å². The smallest absolute Gasteiger partial charge is 0.336 e. The number of hydrogen-bond acceptors (Lipinski definition) is 4. The lowest BCUT2D eigenvalue weighted by atomic mass is 9.99. The monoisotopic (exact) mass is 360 g/mol. The van der Waals surface area contributed by atoms with Crippen molar-refractivity contribution in [2.75, 3.05) is 0 Å². The third-order valence-electron chi connectivity index (χ3n) is 3.94. The van der Waals surface area contributed by atoms with Gasteiger partial charge in [-0.1, -0.05) is 44.2 Å². The molecule has 25 heavy (non-hydrogen) atoms. The lowest BCUT2D eigenvalue weighted by Gasteiger charge is -2.10. The topological polar surface area (TPSA) is 95.8 Å². The number of carboxylic acids is 1. The van der Waals surface area contributed by atoms with Crippen LogP contribution in [0.5, 0.6) is 0 Å². The van der Waals surface area contributed by atoms with E-state index in [0.29, 0.717) is 11.5 Å². The minimum absolute atomic E-state index is 0.0448. The molecule has 2 rings (SSSR count). The first-order valence-corrected chi connectivity index (χ1v) is 9.30. The molecule has 2 aromatic carbocycles. The Labute approximate surface area is 147 Å². The van der Waals surface area contributed by atoms with Gasteiger partial charge >= 0.3 is 5.97 Å². The summed E-state index contributed by atoms with van der Waals surface area (Å²) >= 11 is 0. The average Bonchev–Trinajstić information content (AvgIpc) is 2.61. The van der Waals surface area contributed by atoms with Gasteiger partial charge < -0.3 is 5.11 Å². The van der Waals surface area contributed by atoms with E-state index in [2.05, 4.69) is 23.8 Å². The summed E-state index contributed by atoms with van der Waals surface area (Å²) in [6.07, 6.45) is 2.14.